The molecule has 0 amide bonds. The Balaban J connectivity index is 1.85. The number of nitriles is 1. The van der Waals surface area contributed by atoms with E-state index in [4.69, 9.17) is 4.74 Å². The molecule has 26 heavy (non-hydrogen) atoms. The molecule has 2 aromatic carbocycles. The predicted octanol–water partition coefficient (Wildman–Crippen LogP) is 5.56. The Morgan fingerprint density at radius 3 is 2.50 bits per heavy atom. The van der Waals surface area contributed by atoms with E-state index in [0.29, 0.717) is 16.3 Å². The molecule has 0 aliphatic rings. The highest BCUT2D eigenvalue weighted by Crippen LogP contribution is 2.28. The zero-order valence-corrected chi connectivity index (χ0v) is 16.2. The fraction of sp³-hybridized carbons (Fsp3) is 0.0500. The van der Waals surface area contributed by atoms with Crippen molar-refractivity contribution in [3.05, 3.63) is 69.0 Å². The maximum Gasteiger partial charge on any atom is 0.308 e. The van der Waals surface area contributed by atoms with Crippen LogP contribution in [0.2, 0.25) is 0 Å². The minimum atomic E-state index is -0.366. The van der Waals surface area contributed by atoms with Gasteiger partial charge in [0, 0.05) is 22.3 Å². The number of aromatic nitrogens is 1. The van der Waals surface area contributed by atoms with Gasteiger partial charge >= 0.3 is 5.97 Å². The summed E-state index contributed by atoms with van der Waals surface area (Å²) in [7, 11) is 0. The summed E-state index contributed by atoms with van der Waals surface area (Å²) in [6.45, 7) is 1.35. The summed E-state index contributed by atoms with van der Waals surface area (Å²) >= 11 is 4.84. The number of hydrogen-bond donors (Lipinski definition) is 0. The Labute approximate surface area is 163 Å². The lowest BCUT2D eigenvalue weighted by atomic mass is 10.1. The molecule has 0 fully saturated rings. The maximum atomic E-state index is 11.0. The van der Waals surface area contributed by atoms with Crippen LogP contribution in [0.25, 0.3) is 22.9 Å². The average molecular weight is 425 g/mol. The molecule has 128 valence electrons. The zero-order valence-electron chi connectivity index (χ0n) is 13.8. The van der Waals surface area contributed by atoms with E-state index >= 15 is 0 Å². The minimum absolute atomic E-state index is 0.366. The van der Waals surface area contributed by atoms with Gasteiger partial charge in [-0.15, -0.1) is 11.3 Å². The van der Waals surface area contributed by atoms with Crippen molar-refractivity contribution in [1.29, 1.82) is 5.26 Å². The Morgan fingerprint density at radius 1 is 1.19 bits per heavy atom. The molecule has 4 nitrogen and oxygen atoms in total. The van der Waals surface area contributed by atoms with Crippen molar-refractivity contribution < 1.29 is 9.53 Å². The minimum Gasteiger partial charge on any atom is -0.427 e. The molecule has 0 saturated heterocycles. The smallest absolute Gasteiger partial charge is 0.308 e. The number of rotatable bonds is 4. The summed E-state index contributed by atoms with van der Waals surface area (Å²) in [5.41, 5.74) is 3.15. The first kappa shape index (κ1) is 18.1. The molecule has 0 atom stereocenters. The van der Waals surface area contributed by atoms with Crippen molar-refractivity contribution in [1.82, 2.24) is 4.98 Å². The summed E-state index contributed by atoms with van der Waals surface area (Å²) in [6, 6.07) is 17.0. The molecule has 0 N–H and O–H groups in total. The Morgan fingerprint density at radius 2 is 1.88 bits per heavy atom. The highest BCUT2D eigenvalue weighted by molar-refractivity contribution is 9.10. The van der Waals surface area contributed by atoms with E-state index in [-0.39, 0.29) is 5.97 Å². The van der Waals surface area contributed by atoms with Crippen molar-refractivity contribution in [2.24, 2.45) is 0 Å². The summed E-state index contributed by atoms with van der Waals surface area (Å²) in [4.78, 5) is 15.5. The van der Waals surface area contributed by atoms with Crippen LogP contribution in [0, 0.1) is 11.3 Å². The van der Waals surface area contributed by atoms with E-state index in [1.165, 1.54) is 18.3 Å². The van der Waals surface area contributed by atoms with Gasteiger partial charge in [-0.25, -0.2) is 4.98 Å². The number of hydrogen-bond acceptors (Lipinski definition) is 5. The number of nitrogens with zero attached hydrogens (tertiary/aromatic N) is 2. The first-order valence-electron chi connectivity index (χ1n) is 7.67. The highest BCUT2D eigenvalue weighted by atomic mass is 79.9. The lowest BCUT2D eigenvalue weighted by Gasteiger charge is -2.01. The number of benzene rings is 2. The molecule has 0 saturated carbocycles. The van der Waals surface area contributed by atoms with Crippen molar-refractivity contribution in [2.75, 3.05) is 0 Å². The summed E-state index contributed by atoms with van der Waals surface area (Å²) in [6.07, 6.45) is 1.77. The fourth-order valence-electron chi connectivity index (χ4n) is 2.26. The standard InChI is InChI=1S/C20H13BrN2O2S/c1-13(24)25-18-8-2-14(3-9-18)10-16(11-22)20-23-19(12-26-20)15-4-6-17(21)7-5-15/h2-10,12H,1H3/b16-10-. The number of carbonyl (C=O) groups excluding carboxylic acids is 1. The van der Waals surface area contributed by atoms with Gasteiger partial charge in [0.05, 0.1) is 11.3 Å². The van der Waals surface area contributed by atoms with E-state index in [1.54, 1.807) is 30.3 Å². The van der Waals surface area contributed by atoms with Crippen LogP contribution in [0.5, 0.6) is 5.75 Å². The monoisotopic (exact) mass is 424 g/mol. The van der Waals surface area contributed by atoms with Crippen molar-refractivity contribution in [2.45, 2.75) is 6.92 Å². The second-order valence-corrected chi connectivity index (χ2v) is 7.15. The van der Waals surface area contributed by atoms with E-state index in [0.717, 1.165) is 21.3 Å². The number of allylic oxidation sites excluding steroid dienone is 1. The normalized spacial score (nSPS) is 11.0. The van der Waals surface area contributed by atoms with Gasteiger partial charge in [0.2, 0.25) is 0 Å². The molecule has 0 unspecified atom stereocenters. The SMILES string of the molecule is CC(=O)Oc1ccc(/C=C(/C#N)c2nc(-c3ccc(Br)cc3)cs2)cc1. The van der Waals surface area contributed by atoms with Gasteiger partial charge in [0.25, 0.3) is 0 Å². The molecular weight excluding hydrogens is 412 g/mol. The van der Waals surface area contributed by atoms with Gasteiger partial charge in [0.15, 0.2) is 0 Å². The fourth-order valence-corrected chi connectivity index (χ4v) is 3.32. The van der Waals surface area contributed by atoms with Crippen LogP contribution in [0.3, 0.4) is 0 Å². The molecule has 1 aromatic heterocycles. The Bertz CT molecular complexity index is 1000. The molecule has 0 spiro atoms. The van der Waals surface area contributed by atoms with Crippen LogP contribution < -0.4 is 4.74 Å². The predicted molar refractivity (Wildman–Crippen MR) is 106 cm³/mol. The third-order valence-corrected chi connectivity index (χ3v) is 4.85. The Kier molecular flexibility index (Phi) is 5.61. The Hall–Kier alpha value is -2.75. The van der Waals surface area contributed by atoms with E-state index < -0.39 is 0 Å². The van der Waals surface area contributed by atoms with Gasteiger partial charge in [-0.1, -0.05) is 40.2 Å². The van der Waals surface area contributed by atoms with Crippen molar-refractivity contribution in [3.8, 4) is 23.1 Å². The van der Waals surface area contributed by atoms with Crippen LogP contribution in [-0.4, -0.2) is 11.0 Å². The molecule has 0 bridgehead atoms. The van der Waals surface area contributed by atoms with Crippen LogP contribution in [0.1, 0.15) is 17.5 Å². The topological polar surface area (TPSA) is 63.0 Å². The van der Waals surface area contributed by atoms with Crippen molar-refractivity contribution in [3.63, 3.8) is 0 Å². The van der Waals surface area contributed by atoms with Gasteiger partial charge in [0.1, 0.15) is 16.8 Å². The number of ether oxygens (including phenoxy) is 1. The van der Waals surface area contributed by atoms with Gasteiger partial charge in [-0.2, -0.15) is 5.26 Å². The molecule has 3 aromatic rings. The number of halogens is 1. The number of esters is 1. The lowest BCUT2D eigenvalue weighted by Crippen LogP contribution is -2.00. The molecular formula is C20H13BrN2O2S. The van der Waals surface area contributed by atoms with E-state index in [1.807, 2.05) is 29.6 Å². The quantitative estimate of drug-likeness (QED) is 0.312. The zero-order chi connectivity index (χ0) is 18.5. The molecule has 0 aliphatic heterocycles. The third-order valence-electron chi connectivity index (χ3n) is 3.45. The first-order chi connectivity index (χ1) is 12.5. The number of carbonyl (C=O) groups is 1. The number of thiazole rings is 1. The van der Waals surface area contributed by atoms with Crippen LogP contribution in [-0.2, 0) is 4.79 Å². The summed E-state index contributed by atoms with van der Waals surface area (Å²) in [5.74, 6) is 0.106. The second kappa shape index (κ2) is 8.09. The van der Waals surface area contributed by atoms with E-state index in [2.05, 4.69) is 27.0 Å². The van der Waals surface area contributed by atoms with Gasteiger partial charge < -0.3 is 4.74 Å². The molecule has 0 radical (unpaired) electrons. The largest absolute Gasteiger partial charge is 0.427 e. The van der Waals surface area contributed by atoms with Crippen LogP contribution in [0.15, 0.2) is 58.4 Å². The van der Waals surface area contributed by atoms with Gasteiger partial charge in [-0.05, 0) is 35.9 Å². The molecule has 1 heterocycles. The first-order valence-corrected chi connectivity index (χ1v) is 9.34. The second-order valence-electron chi connectivity index (χ2n) is 5.38. The summed E-state index contributed by atoms with van der Waals surface area (Å²) in [5, 5.41) is 12.1. The third kappa shape index (κ3) is 4.45. The maximum absolute atomic E-state index is 11.0. The van der Waals surface area contributed by atoms with Crippen molar-refractivity contribution >= 4 is 44.9 Å². The molecule has 6 heteroatoms. The summed E-state index contributed by atoms with van der Waals surface area (Å²) < 4.78 is 6.01. The van der Waals surface area contributed by atoms with Crippen LogP contribution >= 0.6 is 27.3 Å². The van der Waals surface area contributed by atoms with E-state index in [9.17, 15) is 10.1 Å². The van der Waals surface area contributed by atoms with Crippen LogP contribution in [0.4, 0.5) is 0 Å². The average Bonchev–Trinajstić information content (AvgIpc) is 3.11. The van der Waals surface area contributed by atoms with Gasteiger partial charge in [-0.3, -0.25) is 4.79 Å². The highest BCUT2D eigenvalue weighted by Gasteiger charge is 2.09. The molecule has 3 rings (SSSR count). The molecule has 0 aliphatic carbocycles. The lowest BCUT2D eigenvalue weighted by molar-refractivity contribution is -0.131.